The van der Waals surface area contributed by atoms with E-state index in [1.807, 2.05) is 6.92 Å². The molecule has 2 N–H and O–H groups in total. The van der Waals surface area contributed by atoms with Crippen LogP contribution < -0.4 is 10.6 Å². The zero-order chi connectivity index (χ0) is 13.3. The van der Waals surface area contributed by atoms with Crippen LogP contribution in [0.25, 0.3) is 0 Å². The molecule has 2 amide bonds. The largest absolute Gasteiger partial charge is 0.464 e. The molecule has 0 spiro atoms. The van der Waals surface area contributed by atoms with Crippen molar-refractivity contribution in [3.05, 3.63) is 0 Å². The van der Waals surface area contributed by atoms with Crippen LogP contribution in [0, 0.1) is 0 Å². The summed E-state index contributed by atoms with van der Waals surface area (Å²) in [7, 11) is 0. The predicted molar refractivity (Wildman–Crippen MR) is 62.2 cm³/mol. The summed E-state index contributed by atoms with van der Waals surface area (Å²) >= 11 is 0. The number of unbranched alkanes of at least 4 members (excludes halogenated alkanes) is 1. The van der Waals surface area contributed by atoms with E-state index in [1.54, 1.807) is 6.92 Å². The summed E-state index contributed by atoms with van der Waals surface area (Å²) in [5.74, 6) is -1.17. The highest BCUT2D eigenvalue weighted by Gasteiger charge is 2.16. The molecule has 0 heterocycles. The van der Waals surface area contributed by atoms with Crippen LogP contribution in [0.2, 0.25) is 0 Å². The molecule has 6 nitrogen and oxygen atoms in total. The molecule has 0 saturated carbocycles. The quantitative estimate of drug-likeness (QED) is 0.486. The minimum atomic E-state index is -0.701. The minimum Gasteiger partial charge on any atom is -0.464 e. The van der Waals surface area contributed by atoms with Crippen LogP contribution in [-0.4, -0.2) is 37.0 Å². The molecule has 0 saturated heterocycles. The van der Waals surface area contributed by atoms with Crippen molar-refractivity contribution in [2.24, 2.45) is 0 Å². The number of ether oxygens (including phenoxy) is 1. The number of hydrogen-bond acceptors (Lipinski definition) is 4. The number of carbonyl (C=O) groups excluding carboxylic acids is 3. The van der Waals surface area contributed by atoms with Crippen LogP contribution in [0.5, 0.6) is 0 Å². The third-order valence-corrected chi connectivity index (χ3v) is 1.97. The van der Waals surface area contributed by atoms with Crippen molar-refractivity contribution in [3.63, 3.8) is 0 Å². The van der Waals surface area contributed by atoms with Crippen molar-refractivity contribution >= 4 is 17.8 Å². The lowest BCUT2D eigenvalue weighted by molar-refractivity contribution is -0.147. The van der Waals surface area contributed by atoms with Crippen LogP contribution in [0.4, 0.5) is 0 Å². The molecule has 0 radical (unpaired) electrons. The Balaban J connectivity index is 3.82. The summed E-state index contributed by atoms with van der Waals surface area (Å²) in [4.78, 5) is 33.2. The summed E-state index contributed by atoms with van der Waals surface area (Å²) in [6.45, 7) is 5.07. The molecule has 0 aliphatic rings. The topological polar surface area (TPSA) is 84.5 Å². The van der Waals surface area contributed by atoms with Crippen LogP contribution in [0.3, 0.4) is 0 Å². The fourth-order valence-electron chi connectivity index (χ4n) is 0.998. The van der Waals surface area contributed by atoms with Gasteiger partial charge < -0.3 is 15.4 Å². The molecule has 1 atom stereocenters. The normalized spacial score (nSPS) is 11.5. The van der Waals surface area contributed by atoms with Gasteiger partial charge in [-0.25, -0.2) is 4.79 Å². The fraction of sp³-hybridized carbons (Fsp3) is 0.727. The highest BCUT2D eigenvalue weighted by atomic mass is 16.5. The van der Waals surface area contributed by atoms with Gasteiger partial charge in [-0.3, -0.25) is 9.59 Å². The maximum Gasteiger partial charge on any atom is 0.328 e. The van der Waals surface area contributed by atoms with Gasteiger partial charge in [0.05, 0.1) is 13.2 Å². The highest BCUT2D eigenvalue weighted by Crippen LogP contribution is 1.92. The number of nitrogens with one attached hydrogen (secondary N) is 2. The van der Waals surface area contributed by atoms with Gasteiger partial charge in [0.25, 0.3) is 0 Å². The lowest BCUT2D eigenvalue weighted by Crippen LogP contribution is -2.44. The highest BCUT2D eigenvalue weighted by molar-refractivity contribution is 5.87. The SMILES string of the molecule is CCCCOC(=O)[C@H](C)NC(=O)CNC(C)=O. The maximum atomic E-state index is 11.4. The summed E-state index contributed by atoms with van der Waals surface area (Å²) < 4.78 is 4.93. The van der Waals surface area contributed by atoms with Gasteiger partial charge in [0.15, 0.2) is 0 Å². The Hall–Kier alpha value is -1.59. The van der Waals surface area contributed by atoms with Crippen molar-refractivity contribution < 1.29 is 19.1 Å². The molecule has 17 heavy (non-hydrogen) atoms. The number of rotatable bonds is 7. The van der Waals surface area contributed by atoms with E-state index in [2.05, 4.69) is 10.6 Å². The molecule has 0 rings (SSSR count). The van der Waals surface area contributed by atoms with Gasteiger partial charge in [-0.15, -0.1) is 0 Å². The van der Waals surface area contributed by atoms with Gasteiger partial charge in [0.1, 0.15) is 6.04 Å². The zero-order valence-corrected chi connectivity index (χ0v) is 10.5. The smallest absolute Gasteiger partial charge is 0.328 e. The maximum absolute atomic E-state index is 11.4. The van der Waals surface area contributed by atoms with Crippen molar-refractivity contribution in [2.75, 3.05) is 13.2 Å². The standard InChI is InChI=1S/C11H20N2O4/c1-4-5-6-17-11(16)8(2)13-10(15)7-12-9(3)14/h8H,4-7H2,1-3H3,(H,12,14)(H,13,15)/t8-/m0/s1. The second-order valence-corrected chi connectivity index (χ2v) is 3.72. The van der Waals surface area contributed by atoms with E-state index in [-0.39, 0.29) is 12.5 Å². The van der Waals surface area contributed by atoms with Crippen molar-refractivity contribution in [3.8, 4) is 0 Å². The monoisotopic (exact) mass is 244 g/mol. The summed E-state index contributed by atoms with van der Waals surface area (Å²) in [6.07, 6.45) is 1.74. The fourth-order valence-corrected chi connectivity index (χ4v) is 0.998. The number of esters is 1. The van der Waals surface area contributed by atoms with Crippen LogP contribution >= 0.6 is 0 Å². The molecule has 0 aromatic carbocycles. The van der Waals surface area contributed by atoms with Crippen molar-refractivity contribution in [2.45, 2.75) is 39.7 Å². The summed E-state index contributed by atoms with van der Waals surface area (Å²) in [5.41, 5.74) is 0. The van der Waals surface area contributed by atoms with Crippen LogP contribution in [0.15, 0.2) is 0 Å². The van der Waals surface area contributed by atoms with Crippen LogP contribution in [0.1, 0.15) is 33.6 Å². The Morgan fingerprint density at radius 2 is 1.94 bits per heavy atom. The Morgan fingerprint density at radius 3 is 2.47 bits per heavy atom. The third-order valence-electron chi connectivity index (χ3n) is 1.97. The summed E-state index contributed by atoms with van der Waals surface area (Å²) in [5, 5.41) is 4.77. The Labute approximate surface area is 101 Å². The molecule has 0 aromatic heterocycles. The average molecular weight is 244 g/mol. The first kappa shape index (κ1) is 15.4. The van der Waals surface area contributed by atoms with E-state index in [4.69, 9.17) is 4.74 Å². The predicted octanol–water partition coefficient (Wildman–Crippen LogP) is -0.0295. The molecule has 98 valence electrons. The molecule has 0 unspecified atom stereocenters. The first-order chi connectivity index (χ1) is 7.97. The first-order valence-electron chi connectivity index (χ1n) is 5.67. The second kappa shape index (κ2) is 8.55. The lowest BCUT2D eigenvalue weighted by atomic mass is 10.3. The molecule has 0 aliphatic heterocycles. The molecular formula is C11H20N2O4. The lowest BCUT2D eigenvalue weighted by Gasteiger charge is -2.13. The van der Waals surface area contributed by atoms with E-state index in [9.17, 15) is 14.4 Å². The molecule has 0 fully saturated rings. The Kier molecular flexibility index (Phi) is 7.75. The number of carbonyl (C=O) groups is 3. The Morgan fingerprint density at radius 1 is 1.29 bits per heavy atom. The molecule has 0 aromatic rings. The van der Waals surface area contributed by atoms with E-state index in [0.717, 1.165) is 12.8 Å². The minimum absolute atomic E-state index is 0.137. The van der Waals surface area contributed by atoms with Gasteiger partial charge in [0.2, 0.25) is 11.8 Å². The van der Waals surface area contributed by atoms with Crippen molar-refractivity contribution in [1.82, 2.24) is 10.6 Å². The zero-order valence-electron chi connectivity index (χ0n) is 10.5. The summed E-state index contributed by atoms with van der Waals surface area (Å²) in [6, 6.07) is -0.701. The van der Waals surface area contributed by atoms with Gasteiger partial charge in [-0.05, 0) is 13.3 Å². The second-order valence-electron chi connectivity index (χ2n) is 3.72. The molecule has 0 aliphatic carbocycles. The van der Waals surface area contributed by atoms with E-state index < -0.39 is 17.9 Å². The first-order valence-corrected chi connectivity index (χ1v) is 5.67. The van der Waals surface area contributed by atoms with Gasteiger partial charge >= 0.3 is 5.97 Å². The van der Waals surface area contributed by atoms with E-state index in [1.165, 1.54) is 6.92 Å². The molecule has 0 bridgehead atoms. The van der Waals surface area contributed by atoms with Crippen LogP contribution in [-0.2, 0) is 19.1 Å². The number of hydrogen-bond donors (Lipinski definition) is 2. The number of amides is 2. The van der Waals surface area contributed by atoms with E-state index >= 15 is 0 Å². The van der Waals surface area contributed by atoms with Gasteiger partial charge in [-0.2, -0.15) is 0 Å². The van der Waals surface area contributed by atoms with E-state index in [0.29, 0.717) is 6.61 Å². The average Bonchev–Trinajstić information content (AvgIpc) is 2.26. The molecule has 6 heteroatoms. The van der Waals surface area contributed by atoms with Gasteiger partial charge in [-0.1, -0.05) is 13.3 Å². The molecular weight excluding hydrogens is 224 g/mol. The van der Waals surface area contributed by atoms with Gasteiger partial charge in [0, 0.05) is 6.92 Å². The Bertz CT molecular complexity index is 279. The van der Waals surface area contributed by atoms with Crippen molar-refractivity contribution in [1.29, 1.82) is 0 Å². The third kappa shape index (κ3) is 8.24.